The summed E-state index contributed by atoms with van der Waals surface area (Å²) in [6.07, 6.45) is 0. The number of esters is 1. The number of carbonyl (C=O) groups is 2. The lowest BCUT2D eigenvalue weighted by atomic mass is 9.99. The van der Waals surface area contributed by atoms with E-state index in [1.54, 1.807) is 25.6 Å². The molecule has 0 saturated carbocycles. The van der Waals surface area contributed by atoms with Crippen LogP contribution in [0.4, 0.5) is 4.39 Å². The van der Waals surface area contributed by atoms with Crippen molar-refractivity contribution in [1.82, 2.24) is 15.1 Å². The van der Waals surface area contributed by atoms with Crippen LogP contribution in [0.3, 0.4) is 0 Å². The number of ether oxygens (including phenoxy) is 1. The standard InChI is InChI=1S/C17H20FN3O3/c1-10-15(11(2)21(3)20-10)16(22)19-9-14(17(23)24-4)12-5-7-13(18)8-6-12/h5-8,14H,9H2,1-4H3,(H,19,22)/t14-/m1/s1. The number of benzene rings is 1. The number of amides is 1. The van der Waals surface area contributed by atoms with E-state index in [1.807, 2.05) is 0 Å². The quantitative estimate of drug-likeness (QED) is 0.848. The van der Waals surface area contributed by atoms with Crippen LogP contribution in [0.1, 0.15) is 33.2 Å². The zero-order valence-electron chi connectivity index (χ0n) is 14.1. The van der Waals surface area contributed by atoms with Gasteiger partial charge in [-0.15, -0.1) is 0 Å². The summed E-state index contributed by atoms with van der Waals surface area (Å²) in [4.78, 5) is 24.4. The van der Waals surface area contributed by atoms with Crippen LogP contribution >= 0.6 is 0 Å². The van der Waals surface area contributed by atoms with Crippen LogP contribution in [-0.4, -0.2) is 35.3 Å². The number of hydrogen-bond acceptors (Lipinski definition) is 4. The van der Waals surface area contributed by atoms with Crippen molar-refractivity contribution in [2.45, 2.75) is 19.8 Å². The van der Waals surface area contributed by atoms with Gasteiger partial charge >= 0.3 is 5.97 Å². The molecule has 1 heterocycles. The molecule has 1 amide bonds. The zero-order chi connectivity index (χ0) is 17.9. The van der Waals surface area contributed by atoms with Crippen LogP contribution in [0.15, 0.2) is 24.3 Å². The summed E-state index contributed by atoms with van der Waals surface area (Å²) in [7, 11) is 3.03. The van der Waals surface area contributed by atoms with Crippen molar-refractivity contribution >= 4 is 11.9 Å². The van der Waals surface area contributed by atoms with Crippen molar-refractivity contribution < 1.29 is 18.7 Å². The van der Waals surface area contributed by atoms with Crippen LogP contribution in [0.25, 0.3) is 0 Å². The van der Waals surface area contributed by atoms with Crippen LogP contribution in [0.5, 0.6) is 0 Å². The van der Waals surface area contributed by atoms with Gasteiger partial charge in [0.05, 0.1) is 24.3 Å². The van der Waals surface area contributed by atoms with Gasteiger partial charge in [-0.25, -0.2) is 4.39 Å². The second-order valence-corrected chi connectivity index (χ2v) is 5.51. The fourth-order valence-corrected chi connectivity index (χ4v) is 2.56. The first kappa shape index (κ1) is 17.7. The monoisotopic (exact) mass is 333 g/mol. The minimum absolute atomic E-state index is 0.0465. The van der Waals surface area contributed by atoms with Crippen molar-refractivity contribution in [1.29, 1.82) is 0 Å². The average Bonchev–Trinajstić information content (AvgIpc) is 2.81. The minimum atomic E-state index is -0.711. The SMILES string of the molecule is COC(=O)[C@H](CNC(=O)c1c(C)nn(C)c1C)c1ccc(F)cc1. The molecule has 128 valence electrons. The molecule has 0 aliphatic heterocycles. The average molecular weight is 333 g/mol. The van der Waals surface area contributed by atoms with E-state index in [0.29, 0.717) is 16.8 Å². The van der Waals surface area contributed by atoms with E-state index in [0.717, 1.165) is 5.69 Å². The molecular formula is C17H20FN3O3. The summed E-state index contributed by atoms with van der Waals surface area (Å²) in [5, 5.41) is 6.94. The molecule has 0 radical (unpaired) electrons. The Bertz CT molecular complexity index is 753. The molecule has 1 aromatic carbocycles. The summed E-state index contributed by atoms with van der Waals surface area (Å²) in [5.74, 6) is -1.92. The maximum Gasteiger partial charge on any atom is 0.314 e. The summed E-state index contributed by atoms with van der Waals surface area (Å²) >= 11 is 0. The third-order valence-electron chi connectivity index (χ3n) is 3.96. The van der Waals surface area contributed by atoms with Crippen molar-refractivity contribution in [3.63, 3.8) is 0 Å². The molecule has 0 unspecified atom stereocenters. The number of rotatable bonds is 5. The second kappa shape index (κ2) is 7.25. The lowest BCUT2D eigenvalue weighted by molar-refractivity contribution is -0.142. The van der Waals surface area contributed by atoms with Crippen molar-refractivity contribution in [2.24, 2.45) is 7.05 Å². The lowest BCUT2D eigenvalue weighted by Crippen LogP contribution is -2.32. The van der Waals surface area contributed by atoms with Gasteiger partial charge in [-0.2, -0.15) is 5.10 Å². The highest BCUT2D eigenvalue weighted by Gasteiger charge is 2.24. The number of nitrogens with zero attached hydrogens (tertiary/aromatic N) is 2. The Morgan fingerprint density at radius 3 is 2.42 bits per heavy atom. The van der Waals surface area contributed by atoms with Crippen LogP contribution < -0.4 is 5.32 Å². The van der Waals surface area contributed by atoms with Crippen LogP contribution in [0.2, 0.25) is 0 Å². The van der Waals surface area contributed by atoms with Gasteiger partial charge in [0.2, 0.25) is 0 Å². The maximum atomic E-state index is 13.1. The van der Waals surface area contributed by atoms with Gasteiger partial charge in [0.15, 0.2) is 0 Å². The summed E-state index contributed by atoms with van der Waals surface area (Å²) in [5.41, 5.74) is 2.41. The Balaban J connectivity index is 2.17. The molecule has 1 atom stereocenters. The molecule has 6 nitrogen and oxygen atoms in total. The molecule has 1 aromatic heterocycles. The molecule has 0 saturated heterocycles. The van der Waals surface area contributed by atoms with Crippen LogP contribution in [0, 0.1) is 19.7 Å². The van der Waals surface area contributed by atoms with Gasteiger partial charge in [-0.1, -0.05) is 12.1 Å². The van der Waals surface area contributed by atoms with Gasteiger partial charge in [0, 0.05) is 19.3 Å². The molecular weight excluding hydrogens is 313 g/mol. The number of aromatic nitrogens is 2. The first-order valence-electron chi connectivity index (χ1n) is 7.46. The zero-order valence-corrected chi connectivity index (χ0v) is 14.1. The number of hydrogen-bond donors (Lipinski definition) is 1. The van der Waals surface area contributed by atoms with Crippen LogP contribution in [-0.2, 0) is 16.6 Å². The normalized spacial score (nSPS) is 11.9. The summed E-state index contributed by atoms with van der Waals surface area (Å²) in [6.45, 7) is 3.59. The predicted molar refractivity (Wildman–Crippen MR) is 86.2 cm³/mol. The molecule has 0 spiro atoms. The smallest absolute Gasteiger partial charge is 0.314 e. The third-order valence-corrected chi connectivity index (χ3v) is 3.96. The number of nitrogens with one attached hydrogen (secondary N) is 1. The number of methoxy groups -OCH3 is 1. The highest BCUT2D eigenvalue weighted by Crippen LogP contribution is 2.18. The van der Waals surface area contributed by atoms with Gasteiger partial charge in [0.25, 0.3) is 5.91 Å². The van der Waals surface area contributed by atoms with E-state index in [-0.39, 0.29) is 12.5 Å². The number of halogens is 1. The summed E-state index contributed by atoms with van der Waals surface area (Å²) < 4.78 is 19.5. The van der Waals surface area contributed by atoms with Crippen molar-refractivity contribution in [3.05, 3.63) is 52.6 Å². The first-order valence-corrected chi connectivity index (χ1v) is 7.46. The van der Waals surface area contributed by atoms with Gasteiger partial charge in [-0.3, -0.25) is 14.3 Å². The van der Waals surface area contributed by atoms with Gasteiger partial charge in [0.1, 0.15) is 5.82 Å². The molecule has 7 heteroatoms. The second-order valence-electron chi connectivity index (χ2n) is 5.51. The molecule has 24 heavy (non-hydrogen) atoms. The van der Waals surface area contributed by atoms with Crippen molar-refractivity contribution in [3.8, 4) is 0 Å². The van der Waals surface area contributed by atoms with E-state index in [4.69, 9.17) is 4.74 Å². The van der Waals surface area contributed by atoms with E-state index >= 15 is 0 Å². The van der Waals surface area contributed by atoms with Gasteiger partial charge < -0.3 is 10.1 Å². The Labute approximate surface area is 139 Å². The molecule has 0 fully saturated rings. The highest BCUT2D eigenvalue weighted by atomic mass is 19.1. The van der Waals surface area contributed by atoms with E-state index in [2.05, 4.69) is 10.4 Å². The molecule has 0 aliphatic rings. The molecule has 1 N–H and O–H groups in total. The molecule has 2 rings (SSSR count). The topological polar surface area (TPSA) is 73.2 Å². The largest absolute Gasteiger partial charge is 0.468 e. The third kappa shape index (κ3) is 3.61. The Morgan fingerprint density at radius 2 is 1.92 bits per heavy atom. The Morgan fingerprint density at radius 1 is 1.29 bits per heavy atom. The fourth-order valence-electron chi connectivity index (χ4n) is 2.56. The minimum Gasteiger partial charge on any atom is -0.468 e. The lowest BCUT2D eigenvalue weighted by Gasteiger charge is -2.16. The number of aryl methyl sites for hydroxylation is 2. The Kier molecular flexibility index (Phi) is 5.33. The molecule has 0 aliphatic carbocycles. The maximum absolute atomic E-state index is 13.1. The predicted octanol–water partition coefficient (Wildman–Crippen LogP) is 1.86. The molecule has 0 bridgehead atoms. The van der Waals surface area contributed by atoms with Crippen molar-refractivity contribution in [2.75, 3.05) is 13.7 Å². The van der Waals surface area contributed by atoms with Gasteiger partial charge in [-0.05, 0) is 31.5 Å². The van der Waals surface area contributed by atoms with E-state index < -0.39 is 17.7 Å². The molecule has 2 aromatic rings. The number of carbonyl (C=O) groups excluding carboxylic acids is 2. The highest BCUT2D eigenvalue weighted by molar-refractivity contribution is 5.96. The van der Waals surface area contributed by atoms with E-state index in [1.165, 1.54) is 31.4 Å². The van der Waals surface area contributed by atoms with E-state index in [9.17, 15) is 14.0 Å². The Hall–Kier alpha value is -2.70. The first-order chi connectivity index (χ1) is 11.3. The summed E-state index contributed by atoms with van der Waals surface area (Å²) in [6, 6.07) is 5.54. The fraction of sp³-hybridized carbons (Fsp3) is 0.353.